The van der Waals surface area contributed by atoms with Crippen LogP contribution in [0.3, 0.4) is 0 Å². The summed E-state index contributed by atoms with van der Waals surface area (Å²) in [5.74, 6) is 2.13. The molecule has 0 bridgehead atoms. The summed E-state index contributed by atoms with van der Waals surface area (Å²) in [6.07, 6.45) is 4.52. The van der Waals surface area contributed by atoms with Gasteiger partial charge in [-0.1, -0.05) is 5.16 Å². The van der Waals surface area contributed by atoms with Crippen LogP contribution in [0.15, 0.2) is 10.6 Å². The first-order valence-electron chi connectivity index (χ1n) is 10.2. The van der Waals surface area contributed by atoms with Crippen LogP contribution < -0.4 is 0 Å². The van der Waals surface area contributed by atoms with Crippen LogP contribution in [0.1, 0.15) is 61.1 Å². The molecule has 0 spiro atoms. The van der Waals surface area contributed by atoms with Crippen molar-refractivity contribution >= 4 is 5.91 Å². The Morgan fingerprint density at radius 3 is 2.68 bits per heavy atom. The standard InChI is InChI=1S/C21H28N4O3/c1-13-21(14(2)28-24-13)18-12-17(22-15(3)23-18)19-5-4-8-25(19)20(26)11-16-6-9-27-10-7-16/h12,16,19H,4-11H2,1-3H3/t19-/m1/s1. The van der Waals surface area contributed by atoms with Gasteiger partial charge >= 0.3 is 0 Å². The van der Waals surface area contributed by atoms with E-state index in [1.54, 1.807) is 0 Å². The van der Waals surface area contributed by atoms with Crippen LogP contribution in [0.25, 0.3) is 11.3 Å². The first kappa shape index (κ1) is 19.1. The van der Waals surface area contributed by atoms with Gasteiger partial charge in [0.25, 0.3) is 0 Å². The predicted molar refractivity (Wildman–Crippen MR) is 104 cm³/mol. The fourth-order valence-corrected chi connectivity index (χ4v) is 4.43. The van der Waals surface area contributed by atoms with Gasteiger partial charge in [0, 0.05) is 26.2 Å². The largest absolute Gasteiger partial charge is 0.381 e. The maximum Gasteiger partial charge on any atom is 0.223 e. The van der Waals surface area contributed by atoms with Gasteiger partial charge in [0.15, 0.2) is 0 Å². The summed E-state index contributed by atoms with van der Waals surface area (Å²) in [7, 11) is 0. The number of aromatic nitrogens is 3. The molecule has 0 saturated carbocycles. The van der Waals surface area contributed by atoms with Crippen molar-refractivity contribution in [2.24, 2.45) is 5.92 Å². The number of rotatable bonds is 4. The lowest BCUT2D eigenvalue weighted by Crippen LogP contribution is -2.33. The van der Waals surface area contributed by atoms with Crippen LogP contribution in [0.5, 0.6) is 0 Å². The second kappa shape index (κ2) is 7.99. The molecule has 150 valence electrons. The summed E-state index contributed by atoms with van der Waals surface area (Å²) >= 11 is 0. The molecule has 0 unspecified atom stereocenters. The number of likely N-dealkylation sites (tertiary alicyclic amines) is 1. The van der Waals surface area contributed by atoms with E-state index in [2.05, 4.69) is 15.1 Å². The zero-order chi connectivity index (χ0) is 19.7. The fraction of sp³-hybridized carbons (Fsp3) is 0.619. The number of hydrogen-bond donors (Lipinski definition) is 0. The Morgan fingerprint density at radius 1 is 1.18 bits per heavy atom. The van der Waals surface area contributed by atoms with Gasteiger partial charge in [-0.2, -0.15) is 0 Å². The molecule has 1 atom stereocenters. The molecule has 4 rings (SSSR count). The van der Waals surface area contributed by atoms with Crippen molar-refractivity contribution in [2.75, 3.05) is 19.8 Å². The minimum Gasteiger partial charge on any atom is -0.381 e. The van der Waals surface area contributed by atoms with Gasteiger partial charge < -0.3 is 14.2 Å². The van der Waals surface area contributed by atoms with Crippen LogP contribution in [0.2, 0.25) is 0 Å². The van der Waals surface area contributed by atoms with E-state index in [1.165, 1.54) is 0 Å². The molecule has 2 fully saturated rings. The minimum absolute atomic E-state index is 0.0215. The molecule has 4 heterocycles. The Bertz CT molecular complexity index is 838. The SMILES string of the molecule is Cc1nc(-c2c(C)noc2C)cc([C@H]2CCCN2C(=O)CC2CCOCC2)n1. The Labute approximate surface area is 165 Å². The van der Waals surface area contributed by atoms with Crippen molar-refractivity contribution in [1.29, 1.82) is 0 Å². The molecule has 7 nitrogen and oxygen atoms in total. The summed E-state index contributed by atoms with van der Waals surface area (Å²) in [5.41, 5.74) is 3.48. The predicted octanol–water partition coefficient (Wildman–Crippen LogP) is 3.54. The maximum atomic E-state index is 13.0. The van der Waals surface area contributed by atoms with Crippen LogP contribution in [-0.2, 0) is 9.53 Å². The van der Waals surface area contributed by atoms with Crippen molar-refractivity contribution < 1.29 is 14.1 Å². The zero-order valence-corrected chi connectivity index (χ0v) is 16.9. The number of carbonyl (C=O) groups excluding carboxylic acids is 1. The average Bonchev–Trinajstić information content (AvgIpc) is 3.29. The number of amides is 1. The van der Waals surface area contributed by atoms with Gasteiger partial charge in [-0.25, -0.2) is 9.97 Å². The third-order valence-electron chi connectivity index (χ3n) is 5.87. The summed E-state index contributed by atoms with van der Waals surface area (Å²) in [4.78, 5) is 24.3. The van der Waals surface area contributed by atoms with Crippen LogP contribution in [-0.4, -0.2) is 45.7 Å². The Balaban J connectivity index is 1.58. The van der Waals surface area contributed by atoms with E-state index in [-0.39, 0.29) is 11.9 Å². The quantitative estimate of drug-likeness (QED) is 0.802. The fourth-order valence-electron chi connectivity index (χ4n) is 4.43. The summed E-state index contributed by atoms with van der Waals surface area (Å²) in [6.45, 7) is 8.05. The highest BCUT2D eigenvalue weighted by atomic mass is 16.5. The third kappa shape index (κ3) is 3.81. The lowest BCUT2D eigenvalue weighted by atomic mass is 9.95. The van der Waals surface area contributed by atoms with E-state index in [0.717, 1.165) is 73.8 Å². The molecule has 0 aromatic carbocycles. The lowest BCUT2D eigenvalue weighted by Gasteiger charge is -2.28. The number of aryl methyl sites for hydroxylation is 3. The molecule has 0 aliphatic carbocycles. The number of ether oxygens (including phenoxy) is 1. The summed E-state index contributed by atoms with van der Waals surface area (Å²) in [6, 6.07) is 2.03. The molecule has 2 aromatic rings. The minimum atomic E-state index is 0.0215. The topological polar surface area (TPSA) is 81.4 Å². The summed E-state index contributed by atoms with van der Waals surface area (Å²) in [5, 5.41) is 4.05. The van der Waals surface area contributed by atoms with Crippen LogP contribution >= 0.6 is 0 Å². The van der Waals surface area contributed by atoms with Crippen molar-refractivity contribution in [3.8, 4) is 11.3 Å². The molecule has 2 aliphatic heterocycles. The molecule has 1 amide bonds. The highest BCUT2D eigenvalue weighted by Crippen LogP contribution is 2.35. The summed E-state index contributed by atoms with van der Waals surface area (Å²) < 4.78 is 10.7. The molecular formula is C21H28N4O3. The normalized spacial score (nSPS) is 20.7. The first-order chi connectivity index (χ1) is 13.5. The molecule has 28 heavy (non-hydrogen) atoms. The van der Waals surface area contributed by atoms with Crippen LogP contribution in [0, 0.1) is 26.7 Å². The molecule has 0 N–H and O–H groups in total. The monoisotopic (exact) mass is 384 g/mol. The highest BCUT2D eigenvalue weighted by molar-refractivity contribution is 5.77. The van der Waals surface area contributed by atoms with Crippen molar-refractivity contribution in [1.82, 2.24) is 20.0 Å². The third-order valence-corrected chi connectivity index (χ3v) is 5.87. The van der Waals surface area contributed by atoms with E-state index in [9.17, 15) is 4.79 Å². The van der Waals surface area contributed by atoms with Gasteiger partial charge in [0.2, 0.25) is 5.91 Å². The highest BCUT2D eigenvalue weighted by Gasteiger charge is 2.33. The number of nitrogens with zero attached hydrogens (tertiary/aromatic N) is 4. The Hall–Kier alpha value is -2.28. The van der Waals surface area contributed by atoms with Crippen molar-refractivity contribution in [3.05, 3.63) is 29.0 Å². The van der Waals surface area contributed by atoms with Gasteiger partial charge in [0.1, 0.15) is 11.6 Å². The van der Waals surface area contributed by atoms with Gasteiger partial charge in [-0.05, 0) is 58.4 Å². The van der Waals surface area contributed by atoms with Crippen molar-refractivity contribution in [2.45, 2.75) is 58.9 Å². The molecule has 2 aromatic heterocycles. The second-order valence-corrected chi connectivity index (χ2v) is 7.93. The van der Waals surface area contributed by atoms with Gasteiger partial charge in [-0.3, -0.25) is 4.79 Å². The van der Waals surface area contributed by atoms with E-state index >= 15 is 0 Å². The van der Waals surface area contributed by atoms with Gasteiger partial charge in [0.05, 0.1) is 28.7 Å². The molecule has 0 radical (unpaired) electrons. The average molecular weight is 384 g/mol. The second-order valence-electron chi connectivity index (χ2n) is 7.93. The Morgan fingerprint density at radius 2 is 1.96 bits per heavy atom. The molecular weight excluding hydrogens is 356 g/mol. The lowest BCUT2D eigenvalue weighted by molar-refractivity contribution is -0.133. The van der Waals surface area contributed by atoms with Gasteiger partial charge in [-0.15, -0.1) is 0 Å². The maximum absolute atomic E-state index is 13.0. The smallest absolute Gasteiger partial charge is 0.223 e. The molecule has 7 heteroatoms. The van der Waals surface area contributed by atoms with E-state index in [4.69, 9.17) is 9.26 Å². The van der Waals surface area contributed by atoms with Crippen molar-refractivity contribution in [3.63, 3.8) is 0 Å². The zero-order valence-electron chi connectivity index (χ0n) is 16.9. The first-order valence-corrected chi connectivity index (χ1v) is 10.2. The van der Waals surface area contributed by atoms with E-state index < -0.39 is 0 Å². The van der Waals surface area contributed by atoms with Crippen LogP contribution in [0.4, 0.5) is 0 Å². The van der Waals surface area contributed by atoms with E-state index in [0.29, 0.717) is 18.2 Å². The number of hydrogen-bond acceptors (Lipinski definition) is 6. The molecule has 2 aliphatic rings. The molecule has 2 saturated heterocycles. The number of carbonyl (C=O) groups is 1. The Kier molecular flexibility index (Phi) is 5.44. The van der Waals surface area contributed by atoms with E-state index in [1.807, 2.05) is 31.7 Å².